The lowest BCUT2D eigenvalue weighted by molar-refractivity contribution is -0.0327. The first-order valence-corrected chi connectivity index (χ1v) is 5.93. The minimum absolute atomic E-state index is 0.102. The third-order valence-corrected chi connectivity index (χ3v) is 2.84. The Balaban J connectivity index is 2.49. The molecule has 0 atom stereocenters. The summed E-state index contributed by atoms with van der Waals surface area (Å²) in [7, 11) is 0. The molecule has 2 nitrogen and oxygen atoms in total. The van der Waals surface area contributed by atoms with Crippen LogP contribution in [-0.2, 0) is 0 Å². The number of nitriles is 1. The number of anilines is 1. The van der Waals surface area contributed by atoms with Crippen molar-refractivity contribution < 1.29 is 13.2 Å². The molecule has 0 amide bonds. The SMILES string of the molecule is N#Cc1ccc(Cl)c(NCCSC(F)(F)F)c1. The Bertz CT molecular complexity index is 429. The second kappa shape index (κ2) is 6.03. The Labute approximate surface area is 106 Å². The van der Waals surface area contributed by atoms with Gasteiger partial charge >= 0.3 is 5.51 Å². The second-order valence-electron chi connectivity index (χ2n) is 3.03. The summed E-state index contributed by atoms with van der Waals surface area (Å²) in [5, 5.41) is 11.8. The zero-order valence-electron chi connectivity index (χ0n) is 8.51. The molecule has 0 unspecified atom stereocenters. The largest absolute Gasteiger partial charge is 0.441 e. The third-order valence-electron chi connectivity index (χ3n) is 1.78. The molecule has 0 heterocycles. The van der Waals surface area contributed by atoms with Gasteiger partial charge in [-0.1, -0.05) is 11.6 Å². The van der Waals surface area contributed by atoms with Gasteiger partial charge in [-0.3, -0.25) is 0 Å². The van der Waals surface area contributed by atoms with Gasteiger partial charge in [0.15, 0.2) is 0 Å². The summed E-state index contributed by atoms with van der Waals surface area (Å²) in [6.45, 7) is 0.124. The molecule has 0 aromatic heterocycles. The molecule has 0 fully saturated rings. The van der Waals surface area contributed by atoms with Crippen molar-refractivity contribution in [3.63, 3.8) is 0 Å². The number of hydrogen-bond acceptors (Lipinski definition) is 3. The van der Waals surface area contributed by atoms with Gasteiger partial charge in [-0.25, -0.2) is 0 Å². The molecular formula is C10H8ClF3N2S. The Kier molecular flexibility index (Phi) is 4.97. The van der Waals surface area contributed by atoms with Gasteiger partial charge in [0, 0.05) is 12.3 Å². The molecule has 1 aromatic rings. The molecular weight excluding hydrogens is 273 g/mol. The Morgan fingerprint density at radius 2 is 2.12 bits per heavy atom. The van der Waals surface area contributed by atoms with Gasteiger partial charge in [-0.2, -0.15) is 18.4 Å². The van der Waals surface area contributed by atoms with Crippen LogP contribution in [0, 0.1) is 11.3 Å². The summed E-state index contributed by atoms with van der Waals surface area (Å²) >= 11 is 5.72. The molecule has 7 heteroatoms. The topological polar surface area (TPSA) is 35.8 Å². The highest BCUT2D eigenvalue weighted by Crippen LogP contribution is 2.30. The van der Waals surface area contributed by atoms with E-state index in [4.69, 9.17) is 16.9 Å². The van der Waals surface area contributed by atoms with Crippen LogP contribution in [0.25, 0.3) is 0 Å². The molecule has 1 aromatic carbocycles. The van der Waals surface area contributed by atoms with E-state index < -0.39 is 5.51 Å². The number of alkyl halides is 3. The highest BCUT2D eigenvalue weighted by Gasteiger charge is 2.27. The number of rotatable bonds is 4. The van der Waals surface area contributed by atoms with Gasteiger partial charge in [0.05, 0.1) is 22.3 Å². The maximum Gasteiger partial charge on any atom is 0.441 e. The smallest absolute Gasteiger partial charge is 0.383 e. The molecule has 0 aliphatic rings. The summed E-state index contributed by atoms with van der Waals surface area (Å²) in [5.74, 6) is -0.114. The van der Waals surface area contributed by atoms with Crippen LogP contribution in [0.3, 0.4) is 0 Å². The minimum Gasteiger partial charge on any atom is -0.383 e. The van der Waals surface area contributed by atoms with Crippen LogP contribution in [-0.4, -0.2) is 17.8 Å². The van der Waals surface area contributed by atoms with Gasteiger partial charge in [0.2, 0.25) is 0 Å². The van der Waals surface area contributed by atoms with Crippen molar-refractivity contribution in [3.05, 3.63) is 28.8 Å². The zero-order chi connectivity index (χ0) is 12.9. The molecule has 0 saturated heterocycles. The van der Waals surface area contributed by atoms with Gasteiger partial charge in [0.1, 0.15) is 0 Å². The number of halogens is 4. The van der Waals surface area contributed by atoms with Crippen LogP contribution in [0.15, 0.2) is 18.2 Å². The van der Waals surface area contributed by atoms with Crippen molar-refractivity contribution in [1.82, 2.24) is 0 Å². The molecule has 92 valence electrons. The summed E-state index contributed by atoms with van der Waals surface area (Å²) in [6.07, 6.45) is 0. The minimum atomic E-state index is -4.22. The van der Waals surface area contributed by atoms with E-state index in [9.17, 15) is 13.2 Å². The second-order valence-corrected chi connectivity index (χ2v) is 4.59. The van der Waals surface area contributed by atoms with E-state index in [1.807, 2.05) is 6.07 Å². The lowest BCUT2D eigenvalue weighted by atomic mass is 10.2. The molecule has 0 spiro atoms. The van der Waals surface area contributed by atoms with E-state index in [1.165, 1.54) is 18.2 Å². The first kappa shape index (κ1) is 14.0. The average Bonchev–Trinajstić information content (AvgIpc) is 2.25. The molecule has 0 bridgehead atoms. The molecule has 0 radical (unpaired) electrons. The Hall–Kier alpha value is -1.06. The van der Waals surface area contributed by atoms with Crippen molar-refractivity contribution in [2.75, 3.05) is 17.6 Å². The van der Waals surface area contributed by atoms with E-state index >= 15 is 0 Å². The lowest BCUT2D eigenvalue weighted by Crippen LogP contribution is -2.09. The highest BCUT2D eigenvalue weighted by atomic mass is 35.5. The van der Waals surface area contributed by atoms with Crippen molar-refractivity contribution in [3.8, 4) is 6.07 Å². The van der Waals surface area contributed by atoms with Gasteiger partial charge in [-0.15, -0.1) is 0 Å². The summed E-state index contributed by atoms with van der Waals surface area (Å²) in [5.41, 5.74) is -3.35. The van der Waals surface area contributed by atoms with Crippen LogP contribution in [0.1, 0.15) is 5.56 Å². The average molecular weight is 281 g/mol. The quantitative estimate of drug-likeness (QED) is 0.850. The number of nitrogens with one attached hydrogen (secondary N) is 1. The monoisotopic (exact) mass is 280 g/mol. The third kappa shape index (κ3) is 5.20. The fraction of sp³-hybridized carbons (Fsp3) is 0.300. The fourth-order valence-electron chi connectivity index (χ4n) is 1.08. The van der Waals surface area contributed by atoms with Crippen molar-refractivity contribution in [2.24, 2.45) is 0 Å². The van der Waals surface area contributed by atoms with Crippen LogP contribution in [0.5, 0.6) is 0 Å². The molecule has 0 aliphatic heterocycles. The lowest BCUT2D eigenvalue weighted by Gasteiger charge is -2.09. The first-order valence-electron chi connectivity index (χ1n) is 4.56. The number of hydrogen-bond donors (Lipinski definition) is 1. The van der Waals surface area contributed by atoms with Crippen molar-refractivity contribution in [1.29, 1.82) is 5.26 Å². The number of benzene rings is 1. The van der Waals surface area contributed by atoms with Crippen LogP contribution in [0.4, 0.5) is 18.9 Å². The van der Waals surface area contributed by atoms with Crippen molar-refractivity contribution >= 4 is 29.1 Å². The number of nitrogens with zero attached hydrogens (tertiary/aromatic N) is 1. The van der Waals surface area contributed by atoms with E-state index in [1.54, 1.807) is 0 Å². The summed E-state index contributed by atoms with van der Waals surface area (Å²) in [6, 6.07) is 6.49. The molecule has 0 aliphatic carbocycles. The Morgan fingerprint density at radius 3 is 2.71 bits per heavy atom. The fourth-order valence-corrected chi connectivity index (χ4v) is 1.70. The predicted octanol–water partition coefficient (Wildman–Crippen LogP) is 3.88. The number of thioether (sulfide) groups is 1. The standard InChI is InChI=1S/C10H8ClF3N2S/c11-8-2-1-7(6-15)5-9(8)16-3-4-17-10(12,13)14/h1-2,5,16H,3-4H2. The summed E-state index contributed by atoms with van der Waals surface area (Å²) in [4.78, 5) is 0. The molecule has 17 heavy (non-hydrogen) atoms. The Morgan fingerprint density at radius 1 is 1.41 bits per heavy atom. The predicted molar refractivity (Wildman–Crippen MR) is 63.2 cm³/mol. The zero-order valence-corrected chi connectivity index (χ0v) is 10.1. The van der Waals surface area contributed by atoms with Crippen molar-refractivity contribution in [2.45, 2.75) is 5.51 Å². The highest BCUT2D eigenvalue weighted by molar-refractivity contribution is 8.00. The van der Waals surface area contributed by atoms with E-state index in [0.29, 0.717) is 16.3 Å². The van der Waals surface area contributed by atoms with Crippen LogP contribution < -0.4 is 5.32 Å². The van der Waals surface area contributed by atoms with E-state index in [2.05, 4.69) is 5.32 Å². The van der Waals surface area contributed by atoms with Crippen LogP contribution in [0.2, 0.25) is 5.02 Å². The molecule has 1 N–H and O–H groups in total. The maximum atomic E-state index is 11.8. The van der Waals surface area contributed by atoms with Gasteiger partial charge in [0.25, 0.3) is 0 Å². The van der Waals surface area contributed by atoms with Gasteiger partial charge in [-0.05, 0) is 30.0 Å². The van der Waals surface area contributed by atoms with E-state index in [0.717, 1.165) is 0 Å². The maximum absolute atomic E-state index is 11.8. The van der Waals surface area contributed by atoms with E-state index in [-0.39, 0.29) is 24.1 Å². The first-order chi connectivity index (χ1) is 7.92. The molecule has 0 saturated carbocycles. The molecule has 1 rings (SSSR count). The normalized spacial score (nSPS) is 11.0. The van der Waals surface area contributed by atoms with Crippen LogP contribution >= 0.6 is 23.4 Å². The van der Waals surface area contributed by atoms with Gasteiger partial charge < -0.3 is 5.32 Å². The summed E-state index contributed by atoms with van der Waals surface area (Å²) < 4.78 is 35.5.